The van der Waals surface area contributed by atoms with Crippen LogP contribution in [0.4, 0.5) is 11.5 Å². The molecular formula is C24H24N4O4S. The van der Waals surface area contributed by atoms with Crippen LogP contribution in [0.25, 0.3) is 0 Å². The van der Waals surface area contributed by atoms with Crippen LogP contribution in [0.5, 0.6) is 11.5 Å². The number of amides is 1. The molecule has 9 heteroatoms. The first-order valence-corrected chi connectivity index (χ1v) is 10.7. The molecule has 4 rings (SSSR count). The summed E-state index contributed by atoms with van der Waals surface area (Å²) in [5, 5.41) is 10.5. The van der Waals surface area contributed by atoms with Crippen LogP contribution in [-0.4, -0.2) is 30.4 Å². The zero-order valence-electron chi connectivity index (χ0n) is 18.7. The van der Waals surface area contributed by atoms with Gasteiger partial charge in [0.15, 0.2) is 10.9 Å². The predicted molar refractivity (Wildman–Crippen MR) is 130 cm³/mol. The van der Waals surface area contributed by atoms with Crippen molar-refractivity contribution in [1.82, 2.24) is 10.5 Å². The van der Waals surface area contributed by atoms with Crippen LogP contribution in [0.15, 0.2) is 70.4 Å². The predicted octanol–water partition coefficient (Wildman–Crippen LogP) is 4.35. The van der Waals surface area contributed by atoms with E-state index in [1.165, 1.54) is 0 Å². The lowest BCUT2D eigenvalue weighted by atomic mass is 9.94. The smallest absolute Gasteiger partial charge is 0.257 e. The maximum absolute atomic E-state index is 13.5. The molecule has 1 amide bonds. The molecule has 1 aromatic heterocycles. The van der Waals surface area contributed by atoms with Gasteiger partial charge in [-0.1, -0.05) is 17.3 Å². The van der Waals surface area contributed by atoms with Gasteiger partial charge in [0, 0.05) is 17.5 Å². The minimum Gasteiger partial charge on any atom is -0.497 e. The molecule has 0 radical (unpaired) electrons. The molecule has 1 unspecified atom stereocenters. The normalized spacial score (nSPS) is 15.8. The second-order valence-electron chi connectivity index (χ2n) is 7.47. The largest absolute Gasteiger partial charge is 0.497 e. The van der Waals surface area contributed by atoms with E-state index in [4.69, 9.17) is 26.2 Å². The van der Waals surface area contributed by atoms with Gasteiger partial charge in [-0.25, -0.2) is 0 Å². The number of ether oxygens (including phenoxy) is 2. The lowest BCUT2D eigenvalue weighted by Gasteiger charge is -2.38. The molecule has 2 N–H and O–H groups in total. The summed E-state index contributed by atoms with van der Waals surface area (Å²) in [5.41, 5.74) is 2.83. The number of nitrogens with one attached hydrogen (secondary N) is 2. The molecule has 3 aromatic rings. The number of carbonyl (C=O) groups is 1. The Morgan fingerprint density at radius 1 is 1.09 bits per heavy atom. The Bertz CT molecular complexity index is 1220. The molecule has 1 aliphatic heterocycles. The van der Waals surface area contributed by atoms with E-state index in [0.29, 0.717) is 33.7 Å². The number of methoxy groups -OCH3 is 2. The van der Waals surface area contributed by atoms with Crippen LogP contribution >= 0.6 is 12.2 Å². The van der Waals surface area contributed by atoms with E-state index in [9.17, 15) is 4.79 Å². The van der Waals surface area contributed by atoms with Crippen molar-refractivity contribution in [2.24, 2.45) is 0 Å². The fraction of sp³-hybridized carbons (Fsp3) is 0.208. The number of rotatable bonds is 6. The molecule has 8 nitrogen and oxygen atoms in total. The molecule has 0 fully saturated rings. The molecule has 0 saturated carbocycles. The van der Waals surface area contributed by atoms with E-state index in [2.05, 4.69) is 15.8 Å². The van der Waals surface area contributed by atoms with E-state index < -0.39 is 6.04 Å². The summed E-state index contributed by atoms with van der Waals surface area (Å²) >= 11 is 5.72. The fourth-order valence-electron chi connectivity index (χ4n) is 3.76. The van der Waals surface area contributed by atoms with Crippen LogP contribution in [0.3, 0.4) is 0 Å². The Labute approximate surface area is 197 Å². The Kier molecular flexibility index (Phi) is 6.32. The quantitative estimate of drug-likeness (QED) is 0.521. The average Bonchev–Trinajstić information content (AvgIpc) is 3.23. The third kappa shape index (κ3) is 4.54. The van der Waals surface area contributed by atoms with E-state index in [0.717, 1.165) is 17.0 Å². The standard InChI is InChI=1S/C24H24N4O4S/c1-14-12-20(27-32-14)25-23(29)21-15(2)28(17-8-10-18(30-3)11-9-17)24(33)26-22(21)16-6-5-7-19(13-16)31-4/h5-13,22H,1-4H3,(H,26,33)(H,25,27,29). The highest BCUT2D eigenvalue weighted by atomic mass is 32.1. The fourth-order valence-corrected chi connectivity index (χ4v) is 4.12. The summed E-state index contributed by atoms with van der Waals surface area (Å²) in [7, 11) is 3.21. The molecule has 0 bridgehead atoms. The maximum atomic E-state index is 13.5. The number of benzene rings is 2. The third-order valence-electron chi connectivity index (χ3n) is 5.36. The maximum Gasteiger partial charge on any atom is 0.257 e. The van der Waals surface area contributed by atoms with Crippen LogP contribution in [0.1, 0.15) is 24.3 Å². The van der Waals surface area contributed by atoms with Crippen molar-refractivity contribution < 1.29 is 18.8 Å². The molecule has 2 heterocycles. The van der Waals surface area contributed by atoms with Gasteiger partial charge >= 0.3 is 0 Å². The van der Waals surface area contributed by atoms with Gasteiger partial charge in [-0.05, 0) is 68.0 Å². The van der Waals surface area contributed by atoms with E-state index in [1.807, 2.05) is 60.4 Å². The van der Waals surface area contributed by atoms with Crippen molar-refractivity contribution in [2.75, 3.05) is 24.4 Å². The Morgan fingerprint density at radius 3 is 2.45 bits per heavy atom. The average molecular weight is 465 g/mol. The number of hydrogen-bond acceptors (Lipinski definition) is 6. The van der Waals surface area contributed by atoms with Crippen molar-refractivity contribution in [3.63, 3.8) is 0 Å². The van der Waals surface area contributed by atoms with Gasteiger partial charge in [0.05, 0.1) is 25.8 Å². The third-order valence-corrected chi connectivity index (χ3v) is 5.66. The molecule has 33 heavy (non-hydrogen) atoms. The first-order valence-electron chi connectivity index (χ1n) is 10.3. The van der Waals surface area contributed by atoms with Gasteiger partial charge in [-0.3, -0.25) is 9.69 Å². The first-order chi connectivity index (χ1) is 15.9. The second-order valence-corrected chi connectivity index (χ2v) is 7.86. The van der Waals surface area contributed by atoms with Gasteiger partial charge < -0.3 is 24.6 Å². The van der Waals surface area contributed by atoms with Crippen molar-refractivity contribution in [2.45, 2.75) is 19.9 Å². The molecule has 1 atom stereocenters. The van der Waals surface area contributed by atoms with Gasteiger partial charge in [0.1, 0.15) is 17.3 Å². The SMILES string of the molecule is COc1ccc(N2C(=S)NC(c3cccc(OC)c3)C(C(=O)Nc3cc(C)on3)=C2C)cc1. The van der Waals surface area contributed by atoms with E-state index >= 15 is 0 Å². The summed E-state index contributed by atoms with van der Waals surface area (Å²) in [6, 6.07) is 16.2. The van der Waals surface area contributed by atoms with Gasteiger partial charge in [-0.15, -0.1) is 0 Å². The molecule has 1 aliphatic rings. The van der Waals surface area contributed by atoms with Crippen molar-refractivity contribution >= 4 is 34.7 Å². The number of thiocarbonyl (C=S) groups is 1. The van der Waals surface area contributed by atoms with Crippen molar-refractivity contribution in [3.05, 3.63) is 77.2 Å². The molecule has 2 aromatic carbocycles. The molecule has 0 spiro atoms. The van der Waals surface area contributed by atoms with Crippen LogP contribution < -0.4 is 25.0 Å². The van der Waals surface area contributed by atoms with Crippen LogP contribution in [0.2, 0.25) is 0 Å². The number of anilines is 2. The van der Waals surface area contributed by atoms with Crippen LogP contribution in [0, 0.1) is 6.92 Å². The minimum atomic E-state index is -0.491. The molecule has 0 saturated heterocycles. The number of allylic oxidation sites excluding steroid dienone is 1. The molecule has 170 valence electrons. The summed E-state index contributed by atoms with van der Waals surface area (Å²) in [6.45, 7) is 3.63. The summed E-state index contributed by atoms with van der Waals surface area (Å²) < 4.78 is 15.7. The molecular weight excluding hydrogens is 440 g/mol. The summed E-state index contributed by atoms with van der Waals surface area (Å²) in [6.07, 6.45) is 0. The zero-order valence-corrected chi connectivity index (χ0v) is 19.5. The number of aromatic nitrogens is 1. The van der Waals surface area contributed by atoms with Crippen molar-refractivity contribution in [3.8, 4) is 11.5 Å². The highest BCUT2D eigenvalue weighted by Crippen LogP contribution is 2.35. The van der Waals surface area contributed by atoms with Gasteiger partial charge in [0.2, 0.25) is 0 Å². The number of aryl methyl sites for hydroxylation is 1. The van der Waals surface area contributed by atoms with Gasteiger partial charge in [0.25, 0.3) is 5.91 Å². The topological polar surface area (TPSA) is 88.9 Å². The Morgan fingerprint density at radius 2 is 1.82 bits per heavy atom. The van der Waals surface area contributed by atoms with Crippen molar-refractivity contribution in [1.29, 1.82) is 0 Å². The number of hydrogen-bond donors (Lipinski definition) is 2. The van der Waals surface area contributed by atoms with Crippen LogP contribution in [-0.2, 0) is 4.79 Å². The van der Waals surface area contributed by atoms with E-state index in [-0.39, 0.29) is 5.91 Å². The Balaban J connectivity index is 1.80. The first kappa shape index (κ1) is 22.3. The zero-order chi connectivity index (χ0) is 23.5. The second kappa shape index (κ2) is 9.33. The summed E-state index contributed by atoms with van der Waals surface area (Å²) in [5.74, 6) is 2.03. The van der Waals surface area contributed by atoms with Gasteiger partial charge in [-0.2, -0.15) is 0 Å². The lowest BCUT2D eigenvalue weighted by molar-refractivity contribution is -0.113. The number of nitrogens with zero attached hydrogens (tertiary/aromatic N) is 2. The monoisotopic (exact) mass is 464 g/mol. The lowest BCUT2D eigenvalue weighted by Crippen LogP contribution is -2.48. The number of carbonyl (C=O) groups excluding carboxylic acids is 1. The van der Waals surface area contributed by atoms with E-state index in [1.54, 1.807) is 27.2 Å². The summed E-state index contributed by atoms with van der Waals surface area (Å²) in [4.78, 5) is 15.3. The highest BCUT2D eigenvalue weighted by molar-refractivity contribution is 7.80. The minimum absolute atomic E-state index is 0.317. The highest BCUT2D eigenvalue weighted by Gasteiger charge is 2.35. The molecule has 0 aliphatic carbocycles. The Hall–Kier alpha value is -3.85.